The molecule has 1 fully saturated rings. The number of para-hydroxylation sites is 2. The fourth-order valence-corrected chi connectivity index (χ4v) is 3.21. The molecule has 0 radical (unpaired) electrons. The lowest BCUT2D eigenvalue weighted by molar-refractivity contribution is 0.0467. The number of carbonyl (C=O) groups excluding carboxylic acids is 1. The quantitative estimate of drug-likeness (QED) is 0.674. The summed E-state index contributed by atoms with van der Waals surface area (Å²) in [5.74, 6) is 0.325. The van der Waals surface area contributed by atoms with Crippen LogP contribution in [0.25, 0.3) is 11.0 Å². The van der Waals surface area contributed by atoms with Gasteiger partial charge in [-0.15, -0.1) is 0 Å². The van der Waals surface area contributed by atoms with Gasteiger partial charge in [-0.25, -0.2) is 19.7 Å². The maximum atomic E-state index is 12.6. The SMILES string of the molecule is Cc1nc2ccccc2nc1COC(=O)c1cccnc1N1CCCC1. The summed E-state index contributed by atoms with van der Waals surface area (Å²) in [5, 5.41) is 0. The van der Waals surface area contributed by atoms with Crippen molar-refractivity contribution in [2.45, 2.75) is 26.4 Å². The lowest BCUT2D eigenvalue weighted by Gasteiger charge is -2.19. The number of ether oxygens (including phenoxy) is 1. The van der Waals surface area contributed by atoms with Gasteiger partial charge in [-0.05, 0) is 44.0 Å². The van der Waals surface area contributed by atoms with Crippen molar-refractivity contribution in [3.8, 4) is 0 Å². The summed E-state index contributed by atoms with van der Waals surface area (Å²) in [6.45, 7) is 3.82. The number of hydrogen-bond donors (Lipinski definition) is 0. The number of esters is 1. The zero-order chi connectivity index (χ0) is 17.9. The van der Waals surface area contributed by atoms with Crippen LogP contribution in [0.1, 0.15) is 34.6 Å². The second-order valence-corrected chi connectivity index (χ2v) is 6.39. The largest absolute Gasteiger partial charge is 0.455 e. The minimum absolute atomic E-state index is 0.0941. The fraction of sp³-hybridized carbons (Fsp3) is 0.300. The molecule has 3 heterocycles. The first-order chi connectivity index (χ1) is 12.7. The molecule has 1 aliphatic heterocycles. The van der Waals surface area contributed by atoms with Crippen molar-refractivity contribution in [3.63, 3.8) is 0 Å². The summed E-state index contributed by atoms with van der Waals surface area (Å²) in [7, 11) is 0. The van der Waals surface area contributed by atoms with Crippen LogP contribution in [-0.2, 0) is 11.3 Å². The first-order valence-electron chi connectivity index (χ1n) is 8.82. The number of aryl methyl sites for hydroxylation is 1. The van der Waals surface area contributed by atoms with E-state index in [4.69, 9.17) is 4.74 Å². The molecule has 6 heteroatoms. The standard InChI is InChI=1S/C20H20N4O2/c1-14-18(23-17-9-3-2-8-16(17)22-14)13-26-20(25)15-7-6-10-21-19(15)24-11-4-5-12-24/h2-3,6-10H,4-5,11-13H2,1H3. The molecule has 6 nitrogen and oxygen atoms in total. The van der Waals surface area contributed by atoms with Crippen LogP contribution in [0.2, 0.25) is 0 Å². The van der Waals surface area contributed by atoms with Crippen molar-refractivity contribution < 1.29 is 9.53 Å². The van der Waals surface area contributed by atoms with E-state index in [1.807, 2.05) is 31.2 Å². The highest BCUT2D eigenvalue weighted by Gasteiger charge is 2.21. The Morgan fingerprint density at radius 3 is 2.58 bits per heavy atom. The van der Waals surface area contributed by atoms with Crippen molar-refractivity contribution in [1.29, 1.82) is 0 Å². The first kappa shape index (κ1) is 16.4. The number of aromatic nitrogens is 3. The lowest BCUT2D eigenvalue weighted by atomic mass is 10.2. The molecule has 0 unspecified atom stereocenters. The van der Waals surface area contributed by atoms with Gasteiger partial charge in [-0.1, -0.05) is 12.1 Å². The Labute approximate surface area is 151 Å². The number of benzene rings is 1. The van der Waals surface area contributed by atoms with Gasteiger partial charge < -0.3 is 9.64 Å². The van der Waals surface area contributed by atoms with E-state index in [1.165, 1.54) is 0 Å². The molecule has 0 atom stereocenters. The lowest BCUT2D eigenvalue weighted by Crippen LogP contribution is -2.22. The van der Waals surface area contributed by atoms with Crippen molar-refractivity contribution in [2.75, 3.05) is 18.0 Å². The molecule has 3 aromatic rings. The molecule has 1 aromatic carbocycles. The van der Waals surface area contributed by atoms with E-state index in [0.717, 1.165) is 42.7 Å². The van der Waals surface area contributed by atoms with Gasteiger partial charge in [0.15, 0.2) is 0 Å². The normalized spacial score (nSPS) is 14.0. The topological polar surface area (TPSA) is 68.2 Å². The first-order valence-corrected chi connectivity index (χ1v) is 8.82. The van der Waals surface area contributed by atoms with Crippen LogP contribution in [0.4, 0.5) is 5.82 Å². The van der Waals surface area contributed by atoms with Gasteiger partial charge in [0.1, 0.15) is 18.0 Å². The van der Waals surface area contributed by atoms with Gasteiger partial charge in [0.25, 0.3) is 0 Å². The van der Waals surface area contributed by atoms with E-state index in [2.05, 4.69) is 19.9 Å². The van der Waals surface area contributed by atoms with E-state index in [-0.39, 0.29) is 12.6 Å². The predicted octanol–water partition coefficient (Wildman–Crippen LogP) is 3.29. The molecule has 132 valence electrons. The molecule has 1 saturated heterocycles. The van der Waals surface area contributed by atoms with Gasteiger partial charge in [0, 0.05) is 19.3 Å². The molecule has 2 aromatic heterocycles. The third kappa shape index (κ3) is 3.22. The Morgan fingerprint density at radius 2 is 1.81 bits per heavy atom. The minimum Gasteiger partial charge on any atom is -0.455 e. The zero-order valence-electron chi connectivity index (χ0n) is 14.7. The third-order valence-electron chi connectivity index (χ3n) is 4.60. The molecule has 0 amide bonds. The van der Waals surface area contributed by atoms with Crippen molar-refractivity contribution in [2.24, 2.45) is 0 Å². The summed E-state index contributed by atoms with van der Waals surface area (Å²) in [4.78, 5) is 28.3. The van der Waals surface area contributed by atoms with Crippen LogP contribution in [0, 0.1) is 6.92 Å². The molecule has 0 N–H and O–H groups in total. The number of nitrogens with zero attached hydrogens (tertiary/aromatic N) is 4. The molecular weight excluding hydrogens is 328 g/mol. The van der Waals surface area contributed by atoms with Crippen LogP contribution in [0.5, 0.6) is 0 Å². The van der Waals surface area contributed by atoms with Gasteiger partial charge in [-0.3, -0.25) is 0 Å². The Morgan fingerprint density at radius 1 is 1.08 bits per heavy atom. The summed E-state index contributed by atoms with van der Waals surface area (Å²) < 4.78 is 5.54. The number of anilines is 1. The van der Waals surface area contributed by atoms with Crippen LogP contribution >= 0.6 is 0 Å². The third-order valence-corrected chi connectivity index (χ3v) is 4.60. The number of pyridine rings is 1. The maximum absolute atomic E-state index is 12.6. The number of rotatable bonds is 4. The van der Waals surface area contributed by atoms with Gasteiger partial charge in [-0.2, -0.15) is 0 Å². The van der Waals surface area contributed by atoms with E-state index in [0.29, 0.717) is 17.1 Å². The van der Waals surface area contributed by atoms with E-state index >= 15 is 0 Å². The highest BCUT2D eigenvalue weighted by molar-refractivity contribution is 5.94. The van der Waals surface area contributed by atoms with Crippen LogP contribution in [-0.4, -0.2) is 34.0 Å². The summed E-state index contributed by atoms with van der Waals surface area (Å²) in [5.41, 5.74) is 3.57. The van der Waals surface area contributed by atoms with Gasteiger partial charge in [0.05, 0.1) is 22.4 Å². The summed E-state index contributed by atoms with van der Waals surface area (Å²) in [6, 6.07) is 11.2. The molecular formula is C20H20N4O2. The zero-order valence-corrected chi connectivity index (χ0v) is 14.7. The highest BCUT2D eigenvalue weighted by atomic mass is 16.5. The Balaban J connectivity index is 1.54. The predicted molar refractivity (Wildman–Crippen MR) is 99.1 cm³/mol. The molecule has 0 saturated carbocycles. The Kier molecular flexibility index (Phi) is 4.48. The number of hydrogen-bond acceptors (Lipinski definition) is 6. The van der Waals surface area contributed by atoms with Crippen molar-refractivity contribution in [3.05, 3.63) is 59.5 Å². The average Bonchev–Trinajstić information content (AvgIpc) is 3.20. The molecule has 26 heavy (non-hydrogen) atoms. The molecule has 0 aliphatic carbocycles. The van der Waals surface area contributed by atoms with Crippen LogP contribution < -0.4 is 4.90 Å². The summed E-state index contributed by atoms with van der Waals surface area (Å²) >= 11 is 0. The second-order valence-electron chi connectivity index (χ2n) is 6.39. The summed E-state index contributed by atoms with van der Waals surface area (Å²) in [6.07, 6.45) is 3.96. The van der Waals surface area contributed by atoms with Gasteiger partial charge in [0.2, 0.25) is 0 Å². The Bertz CT molecular complexity index is 951. The van der Waals surface area contributed by atoms with Gasteiger partial charge >= 0.3 is 5.97 Å². The molecule has 1 aliphatic rings. The fourth-order valence-electron chi connectivity index (χ4n) is 3.21. The van der Waals surface area contributed by atoms with Crippen LogP contribution in [0.3, 0.4) is 0 Å². The number of fused-ring (bicyclic) bond motifs is 1. The van der Waals surface area contributed by atoms with E-state index in [1.54, 1.807) is 18.3 Å². The minimum atomic E-state index is -0.380. The van der Waals surface area contributed by atoms with Crippen molar-refractivity contribution >= 4 is 22.8 Å². The molecule has 0 bridgehead atoms. The van der Waals surface area contributed by atoms with Crippen LogP contribution in [0.15, 0.2) is 42.6 Å². The smallest absolute Gasteiger partial charge is 0.342 e. The maximum Gasteiger partial charge on any atom is 0.342 e. The Hall–Kier alpha value is -3.02. The van der Waals surface area contributed by atoms with E-state index in [9.17, 15) is 4.79 Å². The van der Waals surface area contributed by atoms with Crippen molar-refractivity contribution in [1.82, 2.24) is 15.0 Å². The average molecular weight is 348 g/mol. The van der Waals surface area contributed by atoms with E-state index < -0.39 is 0 Å². The number of carbonyl (C=O) groups is 1. The highest BCUT2D eigenvalue weighted by Crippen LogP contribution is 2.23. The molecule has 0 spiro atoms. The second kappa shape index (κ2) is 7.07. The molecule has 4 rings (SSSR count). The monoisotopic (exact) mass is 348 g/mol.